The number of aryl methyl sites for hydroxylation is 1. The fraction of sp³-hybridized carbons (Fsp3) is 0.238. The Balaban J connectivity index is 1.79. The van der Waals surface area contributed by atoms with E-state index in [-0.39, 0.29) is 29.0 Å². The van der Waals surface area contributed by atoms with Crippen molar-refractivity contribution in [2.45, 2.75) is 20.0 Å². The Morgan fingerprint density at radius 1 is 1.19 bits per heavy atom. The number of alkyl halides is 3. The highest BCUT2D eigenvalue weighted by Gasteiger charge is 2.30. The summed E-state index contributed by atoms with van der Waals surface area (Å²) in [4.78, 5) is 30.2. The molecule has 0 saturated heterocycles. The van der Waals surface area contributed by atoms with Gasteiger partial charge in [0.05, 0.1) is 24.0 Å². The zero-order valence-corrected chi connectivity index (χ0v) is 18.1. The molecule has 32 heavy (non-hydrogen) atoms. The van der Waals surface area contributed by atoms with Crippen LogP contribution in [0.3, 0.4) is 0 Å². The molecular formula is C21H19ClF3N5O2. The van der Waals surface area contributed by atoms with Gasteiger partial charge in [-0.15, -0.1) is 0 Å². The van der Waals surface area contributed by atoms with E-state index in [9.17, 15) is 22.8 Å². The number of likely N-dealkylation sites (N-methyl/N-ethyl adjacent to an activating group) is 1. The van der Waals surface area contributed by atoms with E-state index in [1.165, 1.54) is 11.1 Å². The molecule has 0 aliphatic carbocycles. The van der Waals surface area contributed by atoms with Crippen LogP contribution in [0.5, 0.6) is 0 Å². The average Bonchev–Trinajstić information content (AvgIpc) is 2.72. The number of rotatable bonds is 5. The molecule has 11 heteroatoms. The van der Waals surface area contributed by atoms with Crippen molar-refractivity contribution in [2.24, 2.45) is 0 Å². The first kappa shape index (κ1) is 23.3. The van der Waals surface area contributed by atoms with Gasteiger partial charge in [0.15, 0.2) is 5.82 Å². The lowest BCUT2D eigenvalue weighted by Gasteiger charge is -2.20. The Hall–Kier alpha value is -3.40. The highest BCUT2D eigenvalue weighted by molar-refractivity contribution is 6.33. The highest BCUT2D eigenvalue weighted by Crippen LogP contribution is 2.28. The van der Waals surface area contributed by atoms with E-state index in [0.29, 0.717) is 11.9 Å². The minimum Gasteiger partial charge on any atom is -0.363 e. The Labute approximate surface area is 186 Å². The molecule has 1 aromatic carbocycles. The molecule has 1 amide bonds. The maximum atomic E-state index is 12.7. The predicted octanol–water partition coefficient (Wildman–Crippen LogP) is 3.99. The molecule has 0 unspecified atom stereocenters. The number of nitrogens with one attached hydrogen (secondary N) is 1. The summed E-state index contributed by atoms with van der Waals surface area (Å²) in [5.74, 6) is -0.447. The van der Waals surface area contributed by atoms with Crippen molar-refractivity contribution in [3.8, 4) is 5.82 Å². The number of aromatic nitrogens is 3. The van der Waals surface area contributed by atoms with Gasteiger partial charge in [0.25, 0.3) is 5.56 Å². The quantitative estimate of drug-likeness (QED) is 0.616. The van der Waals surface area contributed by atoms with E-state index in [1.807, 2.05) is 26.0 Å². The number of carbonyl (C=O) groups excluding carboxylic acids is 1. The van der Waals surface area contributed by atoms with Gasteiger partial charge in [0.1, 0.15) is 5.02 Å². The minimum atomic E-state index is -4.55. The summed E-state index contributed by atoms with van der Waals surface area (Å²) in [5, 5.41) is 6.51. The second-order valence-electron chi connectivity index (χ2n) is 7.12. The largest absolute Gasteiger partial charge is 0.417 e. The van der Waals surface area contributed by atoms with E-state index < -0.39 is 17.3 Å². The lowest BCUT2D eigenvalue weighted by molar-refractivity contribution is -0.137. The second-order valence-corrected chi connectivity index (χ2v) is 7.49. The molecule has 168 valence electrons. The van der Waals surface area contributed by atoms with Crippen LogP contribution in [0.25, 0.3) is 5.82 Å². The first-order valence-electron chi connectivity index (χ1n) is 9.37. The number of carbonyl (C=O) groups is 1. The van der Waals surface area contributed by atoms with E-state index >= 15 is 0 Å². The number of anilines is 2. The molecule has 0 atom stereocenters. The van der Waals surface area contributed by atoms with Crippen molar-refractivity contribution < 1.29 is 18.0 Å². The molecule has 3 aromatic rings. The molecule has 0 fully saturated rings. The van der Waals surface area contributed by atoms with E-state index in [0.717, 1.165) is 27.9 Å². The number of benzene rings is 1. The Kier molecular flexibility index (Phi) is 6.54. The zero-order valence-electron chi connectivity index (χ0n) is 17.4. The van der Waals surface area contributed by atoms with Crippen LogP contribution in [0.2, 0.25) is 5.02 Å². The topological polar surface area (TPSA) is 80.1 Å². The van der Waals surface area contributed by atoms with Crippen LogP contribution in [0.1, 0.15) is 16.7 Å². The monoisotopic (exact) mass is 465 g/mol. The molecule has 0 radical (unpaired) electrons. The van der Waals surface area contributed by atoms with E-state index in [2.05, 4.69) is 15.4 Å². The summed E-state index contributed by atoms with van der Waals surface area (Å²) in [5.41, 5.74) is 1.11. The van der Waals surface area contributed by atoms with Gasteiger partial charge in [0, 0.05) is 18.9 Å². The SMILES string of the molecule is Cc1cccc(NC(=O)CN(C)c2cnn(-c3ccc(C(F)(F)F)cn3)c(=O)c2Cl)c1C. The van der Waals surface area contributed by atoms with Crippen molar-refractivity contribution in [1.29, 1.82) is 0 Å². The Morgan fingerprint density at radius 2 is 1.91 bits per heavy atom. The number of amides is 1. The number of hydrogen-bond acceptors (Lipinski definition) is 5. The number of halogens is 4. The Morgan fingerprint density at radius 3 is 2.53 bits per heavy atom. The summed E-state index contributed by atoms with van der Waals surface area (Å²) < 4.78 is 38.9. The summed E-state index contributed by atoms with van der Waals surface area (Å²) in [6.07, 6.45) is -2.70. The maximum absolute atomic E-state index is 12.7. The van der Waals surface area contributed by atoms with Gasteiger partial charge in [-0.1, -0.05) is 23.7 Å². The molecular weight excluding hydrogens is 447 g/mol. The summed E-state index contributed by atoms with van der Waals surface area (Å²) in [6, 6.07) is 7.37. The number of hydrogen-bond donors (Lipinski definition) is 1. The molecule has 0 aliphatic rings. The van der Waals surface area contributed by atoms with Gasteiger partial charge < -0.3 is 10.2 Å². The van der Waals surface area contributed by atoms with Crippen LogP contribution in [0, 0.1) is 13.8 Å². The molecule has 7 nitrogen and oxygen atoms in total. The van der Waals surface area contributed by atoms with E-state index in [4.69, 9.17) is 11.6 Å². The van der Waals surface area contributed by atoms with Crippen LogP contribution >= 0.6 is 11.6 Å². The van der Waals surface area contributed by atoms with Crippen molar-refractivity contribution >= 4 is 28.9 Å². The molecule has 0 bridgehead atoms. The minimum absolute atomic E-state index is 0.114. The van der Waals surface area contributed by atoms with Crippen molar-refractivity contribution in [3.05, 3.63) is 74.8 Å². The third-order valence-electron chi connectivity index (χ3n) is 4.86. The first-order chi connectivity index (χ1) is 15.0. The zero-order chi connectivity index (χ0) is 23.6. The van der Waals surface area contributed by atoms with Gasteiger partial charge in [-0.2, -0.15) is 23.0 Å². The van der Waals surface area contributed by atoms with Crippen molar-refractivity contribution in [2.75, 3.05) is 23.8 Å². The normalized spacial score (nSPS) is 11.3. The second kappa shape index (κ2) is 8.99. The molecule has 0 spiro atoms. The summed E-state index contributed by atoms with van der Waals surface area (Å²) in [7, 11) is 1.56. The molecule has 2 heterocycles. The van der Waals surface area contributed by atoms with Crippen LogP contribution in [-0.2, 0) is 11.0 Å². The number of pyridine rings is 1. The molecule has 3 rings (SSSR count). The Bertz CT molecular complexity index is 1210. The van der Waals surface area contributed by atoms with Crippen LogP contribution < -0.4 is 15.8 Å². The maximum Gasteiger partial charge on any atom is 0.417 e. The first-order valence-corrected chi connectivity index (χ1v) is 9.75. The van der Waals surface area contributed by atoms with Gasteiger partial charge in [0.2, 0.25) is 5.91 Å². The predicted molar refractivity (Wildman–Crippen MR) is 115 cm³/mol. The third kappa shape index (κ3) is 4.91. The smallest absolute Gasteiger partial charge is 0.363 e. The van der Waals surface area contributed by atoms with Gasteiger partial charge in [-0.25, -0.2) is 4.98 Å². The van der Waals surface area contributed by atoms with Crippen LogP contribution in [0.4, 0.5) is 24.5 Å². The number of nitrogens with zero attached hydrogens (tertiary/aromatic N) is 4. The molecule has 0 aliphatic heterocycles. The lowest BCUT2D eigenvalue weighted by Crippen LogP contribution is -2.33. The van der Waals surface area contributed by atoms with Gasteiger partial charge >= 0.3 is 6.18 Å². The fourth-order valence-electron chi connectivity index (χ4n) is 2.91. The summed E-state index contributed by atoms with van der Waals surface area (Å²) in [6.45, 7) is 3.71. The van der Waals surface area contributed by atoms with Crippen molar-refractivity contribution in [1.82, 2.24) is 14.8 Å². The average molecular weight is 466 g/mol. The van der Waals surface area contributed by atoms with Crippen LogP contribution in [-0.4, -0.2) is 34.3 Å². The molecule has 2 aromatic heterocycles. The highest BCUT2D eigenvalue weighted by atomic mass is 35.5. The van der Waals surface area contributed by atoms with Gasteiger partial charge in [-0.05, 0) is 43.2 Å². The van der Waals surface area contributed by atoms with Crippen molar-refractivity contribution in [3.63, 3.8) is 0 Å². The van der Waals surface area contributed by atoms with Crippen LogP contribution in [0.15, 0.2) is 47.5 Å². The van der Waals surface area contributed by atoms with E-state index in [1.54, 1.807) is 13.1 Å². The molecule has 0 saturated carbocycles. The fourth-order valence-corrected chi connectivity index (χ4v) is 3.18. The van der Waals surface area contributed by atoms with Gasteiger partial charge in [-0.3, -0.25) is 9.59 Å². The molecule has 1 N–H and O–H groups in total. The lowest BCUT2D eigenvalue weighted by atomic mass is 10.1. The summed E-state index contributed by atoms with van der Waals surface area (Å²) >= 11 is 6.18. The third-order valence-corrected chi connectivity index (χ3v) is 5.22. The standard InChI is InChI=1S/C21H19ClF3N5O2/c1-12-5-4-6-15(13(12)2)28-18(31)11-29(3)16-10-27-30(20(32)19(16)22)17-8-7-14(9-26-17)21(23,24)25/h4-10H,11H2,1-3H3,(H,28,31).